The molecule has 1 aliphatic heterocycles. The summed E-state index contributed by atoms with van der Waals surface area (Å²) in [4.78, 5) is 26.2. The van der Waals surface area contributed by atoms with Crippen molar-refractivity contribution >= 4 is 11.6 Å². The zero-order valence-corrected chi connectivity index (χ0v) is 16.4. The second-order valence-electron chi connectivity index (χ2n) is 6.91. The highest BCUT2D eigenvalue weighted by atomic mass is 16.5. The van der Waals surface area contributed by atoms with Crippen molar-refractivity contribution in [2.45, 2.75) is 32.9 Å². The summed E-state index contributed by atoms with van der Waals surface area (Å²) in [6.07, 6.45) is 4.05. The molecule has 1 fully saturated rings. The average Bonchev–Trinajstić information content (AvgIpc) is 3.21. The highest BCUT2D eigenvalue weighted by molar-refractivity contribution is 5.99. The van der Waals surface area contributed by atoms with Crippen molar-refractivity contribution < 1.29 is 9.53 Å². The molecule has 0 aliphatic carbocycles. The summed E-state index contributed by atoms with van der Waals surface area (Å²) in [6, 6.07) is 10.7. The molecule has 148 valence electrons. The molecule has 0 radical (unpaired) electrons. The molecule has 1 aromatic heterocycles. The highest BCUT2D eigenvalue weighted by Gasteiger charge is 2.15. The number of pyridine rings is 1. The van der Waals surface area contributed by atoms with Gasteiger partial charge in [-0.3, -0.25) is 14.5 Å². The molecular formula is C21H26N4O3. The van der Waals surface area contributed by atoms with Gasteiger partial charge in [-0.15, -0.1) is 0 Å². The maximum Gasteiger partial charge on any atom is 0.260 e. The lowest BCUT2D eigenvalue weighted by atomic mass is 10.1. The number of hydrogen-bond donors (Lipinski definition) is 1. The maximum absolute atomic E-state index is 12.1. The average molecular weight is 382 g/mol. The Bertz CT molecular complexity index is 914. The Kier molecular flexibility index (Phi) is 6.60. The Morgan fingerprint density at radius 1 is 1.21 bits per heavy atom. The fourth-order valence-corrected chi connectivity index (χ4v) is 3.30. The minimum Gasteiger partial charge on any atom is -0.496 e. The highest BCUT2D eigenvalue weighted by Crippen LogP contribution is 2.23. The Morgan fingerprint density at radius 2 is 2.00 bits per heavy atom. The standard InChI is InChI=1S/C21H26N4O3/c1-16(22-23-20(26)15-25-12-4-3-7-21(25)27)17-8-9-19(28-2)18(13-17)14-24-10-5-6-11-24/h3-4,7-9,12-13H,5-6,10-11,14-15H2,1-2H3,(H,23,26)/b22-16-. The SMILES string of the molecule is COc1ccc(/C(C)=N\NC(=O)Cn2ccccc2=O)cc1CN1CCCC1. The van der Waals surface area contributed by atoms with Crippen LogP contribution in [0.25, 0.3) is 0 Å². The molecule has 0 unspecified atom stereocenters. The van der Waals surface area contributed by atoms with E-state index in [-0.39, 0.29) is 18.0 Å². The lowest BCUT2D eigenvalue weighted by molar-refractivity contribution is -0.121. The predicted molar refractivity (Wildman–Crippen MR) is 109 cm³/mol. The Hall–Kier alpha value is -2.93. The fourth-order valence-electron chi connectivity index (χ4n) is 3.30. The number of aromatic nitrogens is 1. The van der Waals surface area contributed by atoms with E-state index < -0.39 is 0 Å². The normalized spacial score (nSPS) is 14.9. The van der Waals surface area contributed by atoms with Crippen LogP contribution in [0.1, 0.15) is 30.9 Å². The van der Waals surface area contributed by atoms with E-state index in [1.54, 1.807) is 25.4 Å². The smallest absolute Gasteiger partial charge is 0.260 e. The molecule has 0 spiro atoms. The first-order valence-corrected chi connectivity index (χ1v) is 9.45. The van der Waals surface area contributed by atoms with Crippen molar-refractivity contribution in [2.24, 2.45) is 5.10 Å². The number of rotatable bonds is 7. The van der Waals surface area contributed by atoms with E-state index in [2.05, 4.69) is 21.5 Å². The molecular weight excluding hydrogens is 356 g/mol. The van der Waals surface area contributed by atoms with Gasteiger partial charge in [-0.05, 0) is 62.7 Å². The van der Waals surface area contributed by atoms with E-state index >= 15 is 0 Å². The number of nitrogens with zero attached hydrogens (tertiary/aromatic N) is 3. The third-order valence-electron chi connectivity index (χ3n) is 4.85. The van der Waals surface area contributed by atoms with Crippen LogP contribution in [-0.4, -0.2) is 41.3 Å². The summed E-state index contributed by atoms with van der Waals surface area (Å²) in [7, 11) is 1.68. The molecule has 2 aromatic rings. The van der Waals surface area contributed by atoms with Gasteiger partial charge in [-0.25, -0.2) is 5.43 Å². The van der Waals surface area contributed by atoms with Crippen molar-refractivity contribution in [3.05, 3.63) is 64.1 Å². The quantitative estimate of drug-likeness (QED) is 0.587. The first-order valence-electron chi connectivity index (χ1n) is 9.45. The van der Waals surface area contributed by atoms with E-state index in [0.717, 1.165) is 36.5 Å². The number of amides is 1. The second-order valence-corrected chi connectivity index (χ2v) is 6.91. The van der Waals surface area contributed by atoms with Crippen LogP contribution in [0.4, 0.5) is 0 Å². The maximum atomic E-state index is 12.1. The number of likely N-dealkylation sites (tertiary alicyclic amines) is 1. The molecule has 0 atom stereocenters. The van der Waals surface area contributed by atoms with Crippen LogP contribution in [0.3, 0.4) is 0 Å². The Morgan fingerprint density at radius 3 is 2.71 bits per heavy atom. The van der Waals surface area contributed by atoms with Gasteiger partial charge in [0.25, 0.3) is 11.5 Å². The van der Waals surface area contributed by atoms with Gasteiger partial charge in [-0.1, -0.05) is 6.07 Å². The van der Waals surface area contributed by atoms with Gasteiger partial charge in [0.1, 0.15) is 12.3 Å². The fraction of sp³-hybridized carbons (Fsp3) is 0.381. The molecule has 7 nitrogen and oxygen atoms in total. The van der Waals surface area contributed by atoms with Gasteiger partial charge in [0.2, 0.25) is 0 Å². The summed E-state index contributed by atoms with van der Waals surface area (Å²) in [6.45, 7) is 4.83. The monoisotopic (exact) mass is 382 g/mol. The summed E-state index contributed by atoms with van der Waals surface area (Å²) in [5, 5.41) is 4.20. The lowest BCUT2D eigenvalue weighted by Gasteiger charge is -2.17. The van der Waals surface area contributed by atoms with E-state index in [1.165, 1.54) is 23.5 Å². The van der Waals surface area contributed by atoms with Crippen molar-refractivity contribution in [1.82, 2.24) is 14.9 Å². The first kappa shape index (κ1) is 19.8. The molecule has 1 amide bonds. The summed E-state index contributed by atoms with van der Waals surface area (Å²) < 4.78 is 6.83. The van der Waals surface area contributed by atoms with Crippen LogP contribution in [-0.2, 0) is 17.9 Å². The van der Waals surface area contributed by atoms with Gasteiger partial charge in [0.05, 0.1) is 12.8 Å². The van der Waals surface area contributed by atoms with Crippen LogP contribution in [0.5, 0.6) is 5.75 Å². The molecule has 2 heterocycles. The van der Waals surface area contributed by atoms with Gasteiger partial charge >= 0.3 is 0 Å². The van der Waals surface area contributed by atoms with Crippen molar-refractivity contribution in [2.75, 3.05) is 20.2 Å². The molecule has 28 heavy (non-hydrogen) atoms. The number of carbonyl (C=O) groups excluding carboxylic acids is 1. The predicted octanol–water partition coefficient (Wildman–Crippen LogP) is 1.99. The van der Waals surface area contributed by atoms with E-state index in [9.17, 15) is 9.59 Å². The topological polar surface area (TPSA) is 75.9 Å². The third kappa shape index (κ3) is 5.07. The van der Waals surface area contributed by atoms with Crippen LogP contribution in [0.15, 0.2) is 52.5 Å². The van der Waals surface area contributed by atoms with E-state index in [4.69, 9.17) is 4.74 Å². The van der Waals surface area contributed by atoms with Gasteiger partial charge in [-0.2, -0.15) is 5.10 Å². The molecule has 0 bridgehead atoms. The zero-order chi connectivity index (χ0) is 19.9. The number of hydrazone groups is 1. The number of ether oxygens (including phenoxy) is 1. The summed E-state index contributed by atoms with van der Waals surface area (Å²) >= 11 is 0. The Labute approximate surface area is 164 Å². The minimum absolute atomic E-state index is 0.0702. The number of hydrogen-bond acceptors (Lipinski definition) is 5. The molecule has 1 aliphatic rings. The number of nitrogens with one attached hydrogen (secondary N) is 1. The molecule has 1 aromatic carbocycles. The molecule has 1 saturated heterocycles. The number of methoxy groups -OCH3 is 1. The van der Waals surface area contributed by atoms with Gasteiger partial charge < -0.3 is 9.30 Å². The van der Waals surface area contributed by atoms with Crippen molar-refractivity contribution in [3.63, 3.8) is 0 Å². The Balaban J connectivity index is 1.68. The number of benzene rings is 1. The van der Waals surface area contributed by atoms with Crippen molar-refractivity contribution in [1.29, 1.82) is 0 Å². The van der Waals surface area contributed by atoms with Crippen LogP contribution >= 0.6 is 0 Å². The second kappa shape index (κ2) is 9.32. The van der Waals surface area contributed by atoms with Crippen molar-refractivity contribution in [3.8, 4) is 5.75 Å². The molecule has 3 rings (SSSR count). The zero-order valence-electron chi connectivity index (χ0n) is 16.4. The minimum atomic E-state index is -0.349. The largest absolute Gasteiger partial charge is 0.496 e. The van der Waals surface area contributed by atoms with Crippen LogP contribution < -0.4 is 15.7 Å². The van der Waals surface area contributed by atoms with E-state index in [1.807, 2.05) is 19.1 Å². The third-order valence-corrected chi connectivity index (χ3v) is 4.85. The van der Waals surface area contributed by atoms with Crippen LogP contribution in [0.2, 0.25) is 0 Å². The summed E-state index contributed by atoms with van der Waals surface area (Å²) in [5.74, 6) is 0.509. The van der Waals surface area contributed by atoms with Gasteiger partial charge in [0.15, 0.2) is 0 Å². The lowest BCUT2D eigenvalue weighted by Crippen LogP contribution is -2.29. The van der Waals surface area contributed by atoms with Gasteiger partial charge in [0, 0.05) is 24.4 Å². The van der Waals surface area contributed by atoms with E-state index in [0.29, 0.717) is 5.71 Å². The molecule has 1 N–H and O–H groups in total. The first-order chi connectivity index (χ1) is 13.6. The van der Waals surface area contributed by atoms with Crippen LogP contribution in [0, 0.1) is 0 Å². The summed E-state index contributed by atoms with van der Waals surface area (Å²) in [5.41, 5.74) is 5.03. The molecule has 7 heteroatoms. The number of carbonyl (C=O) groups is 1. The molecule has 0 saturated carbocycles.